The molecule has 0 aromatic heterocycles. The van der Waals surface area contributed by atoms with Crippen molar-refractivity contribution < 1.29 is 18.9 Å². The van der Waals surface area contributed by atoms with Crippen LogP contribution in [0.4, 0.5) is 0 Å². The van der Waals surface area contributed by atoms with Gasteiger partial charge < -0.3 is 18.9 Å². The summed E-state index contributed by atoms with van der Waals surface area (Å²) in [5.74, 6) is 1.89. The lowest BCUT2D eigenvalue weighted by Crippen LogP contribution is -2.08. The Morgan fingerprint density at radius 1 is 0.613 bits per heavy atom. The first-order valence-corrected chi connectivity index (χ1v) is 10.9. The van der Waals surface area contributed by atoms with Gasteiger partial charge >= 0.3 is 0 Å². The first-order valence-electron chi connectivity index (χ1n) is 10.9. The fraction of sp³-hybridized carbons (Fsp3) is 0.259. The van der Waals surface area contributed by atoms with E-state index in [1.165, 1.54) is 10.8 Å². The van der Waals surface area contributed by atoms with Crippen molar-refractivity contribution in [1.82, 2.24) is 0 Å². The molecular formula is C27H24O4. The Labute approximate surface area is 181 Å². The molecule has 0 radical (unpaired) electrons. The van der Waals surface area contributed by atoms with Crippen molar-refractivity contribution in [3.63, 3.8) is 0 Å². The molecule has 0 saturated carbocycles. The van der Waals surface area contributed by atoms with E-state index in [0.29, 0.717) is 13.2 Å². The van der Waals surface area contributed by atoms with Crippen molar-refractivity contribution in [2.24, 2.45) is 0 Å². The molecule has 2 aliphatic heterocycles. The molecule has 0 aliphatic carbocycles. The predicted molar refractivity (Wildman–Crippen MR) is 121 cm³/mol. The Morgan fingerprint density at radius 3 is 1.52 bits per heavy atom. The lowest BCUT2D eigenvalue weighted by Gasteiger charge is -2.17. The molecular weight excluding hydrogens is 388 g/mol. The molecule has 2 heterocycles. The third-order valence-corrected chi connectivity index (χ3v) is 5.94. The van der Waals surface area contributed by atoms with E-state index in [1.54, 1.807) is 0 Å². The minimum atomic E-state index is 0.213. The van der Waals surface area contributed by atoms with E-state index in [1.807, 2.05) is 0 Å². The van der Waals surface area contributed by atoms with Crippen molar-refractivity contribution in [2.45, 2.75) is 18.6 Å². The fourth-order valence-corrected chi connectivity index (χ4v) is 4.08. The summed E-state index contributed by atoms with van der Waals surface area (Å²) in [5, 5.41) is 4.63. The van der Waals surface area contributed by atoms with Crippen molar-refractivity contribution in [1.29, 1.82) is 0 Å². The second-order valence-corrected chi connectivity index (χ2v) is 8.26. The van der Waals surface area contributed by atoms with Gasteiger partial charge in [0.15, 0.2) is 0 Å². The van der Waals surface area contributed by atoms with Gasteiger partial charge in [0.2, 0.25) is 0 Å². The van der Waals surface area contributed by atoms with Crippen LogP contribution in [-0.4, -0.2) is 38.6 Å². The van der Waals surface area contributed by atoms with Gasteiger partial charge in [-0.25, -0.2) is 0 Å². The van der Waals surface area contributed by atoms with Gasteiger partial charge in [-0.15, -0.1) is 0 Å². The van der Waals surface area contributed by atoms with Gasteiger partial charge in [-0.3, -0.25) is 0 Å². The zero-order valence-electron chi connectivity index (χ0n) is 17.3. The van der Waals surface area contributed by atoms with Crippen molar-refractivity contribution >= 4 is 21.5 Å². The lowest BCUT2D eigenvalue weighted by molar-refractivity contribution is 0.261. The summed E-state index contributed by atoms with van der Waals surface area (Å²) in [6.45, 7) is 2.74. The van der Waals surface area contributed by atoms with Gasteiger partial charge in [0.1, 0.15) is 36.9 Å². The molecule has 0 N–H and O–H groups in total. The van der Waals surface area contributed by atoms with Crippen LogP contribution in [0, 0.1) is 0 Å². The molecule has 4 heteroatoms. The van der Waals surface area contributed by atoms with E-state index in [2.05, 4.69) is 72.8 Å². The van der Waals surface area contributed by atoms with Crippen LogP contribution in [0.15, 0.2) is 72.8 Å². The highest BCUT2D eigenvalue weighted by Crippen LogP contribution is 2.37. The fourth-order valence-electron chi connectivity index (χ4n) is 4.08. The zero-order valence-corrected chi connectivity index (χ0v) is 17.3. The van der Waals surface area contributed by atoms with Crippen LogP contribution < -0.4 is 9.47 Å². The van der Waals surface area contributed by atoms with Crippen LogP contribution in [-0.2, 0) is 15.9 Å². The first-order chi connectivity index (χ1) is 15.3. The van der Waals surface area contributed by atoms with Crippen molar-refractivity contribution in [2.75, 3.05) is 26.4 Å². The Balaban J connectivity index is 1.41. The summed E-state index contributed by atoms with van der Waals surface area (Å²) in [4.78, 5) is 0. The number of fused-ring (bicyclic) bond motifs is 2. The highest BCUT2D eigenvalue weighted by Gasteiger charge is 2.25. The van der Waals surface area contributed by atoms with Crippen molar-refractivity contribution in [3.8, 4) is 11.5 Å². The van der Waals surface area contributed by atoms with Crippen LogP contribution in [0.25, 0.3) is 21.5 Å². The van der Waals surface area contributed by atoms with Crippen LogP contribution in [0.3, 0.4) is 0 Å². The van der Waals surface area contributed by atoms with Gasteiger partial charge in [0.05, 0.1) is 13.2 Å². The smallest absolute Gasteiger partial charge is 0.130 e. The number of epoxide rings is 2. The molecule has 2 atom stereocenters. The average Bonchev–Trinajstić information content (AvgIpc) is 3.73. The third-order valence-electron chi connectivity index (χ3n) is 5.94. The van der Waals surface area contributed by atoms with E-state index in [9.17, 15) is 0 Å². The maximum atomic E-state index is 6.30. The van der Waals surface area contributed by atoms with E-state index in [0.717, 1.165) is 53.0 Å². The molecule has 2 aliphatic rings. The quantitative estimate of drug-likeness (QED) is 0.376. The van der Waals surface area contributed by atoms with Gasteiger partial charge in [-0.1, -0.05) is 72.8 Å². The van der Waals surface area contributed by atoms with Gasteiger partial charge in [0, 0.05) is 17.2 Å². The van der Waals surface area contributed by atoms with Gasteiger partial charge in [-0.05, 0) is 21.9 Å². The minimum Gasteiger partial charge on any atom is -0.490 e. The third kappa shape index (κ3) is 3.97. The molecule has 0 bridgehead atoms. The van der Waals surface area contributed by atoms with Gasteiger partial charge in [0.25, 0.3) is 0 Å². The zero-order chi connectivity index (χ0) is 20.6. The number of hydrogen-bond acceptors (Lipinski definition) is 4. The lowest BCUT2D eigenvalue weighted by atomic mass is 9.96. The molecule has 6 rings (SSSR count). The second-order valence-electron chi connectivity index (χ2n) is 8.26. The summed E-state index contributed by atoms with van der Waals surface area (Å²) in [6, 6.07) is 25.4. The number of hydrogen-bond donors (Lipinski definition) is 0. The van der Waals surface area contributed by atoms with Gasteiger partial charge in [-0.2, -0.15) is 0 Å². The molecule has 31 heavy (non-hydrogen) atoms. The average molecular weight is 412 g/mol. The summed E-state index contributed by atoms with van der Waals surface area (Å²) < 4.78 is 23.3. The maximum absolute atomic E-state index is 6.30. The van der Waals surface area contributed by atoms with E-state index in [4.69, 9.17) is 18.9 Å². The Hall–Kier alpha value is -3.08. The molecule has 2 saturated heterocycles. The molecule has 0 unspecified atom stereocenters. The van der Waals surface area contributed by atoms with E-state index < -0.39 is 0 Å². The number of benzene rings is 4. The normalized spacial score (nSPS) is 19.5. The largest absolute Gasteiger partial charge is 0.490 e. The molecule has 156 valence electrons. The molecule has 4 aromatic carbocycles. The Kier molecular flexibility index (Phi) is 4.74. The summed E-state index contributed by atoms with van der Waals surface area (Å²) >= 11 is 0. The summed E-state index contributed by atoms with van der Waals surface area (Å²) in [7, 11) is 0. The molecule has 4 nitrogen and oxygen atoms in total. The van der Waals surface area contributed by atoms with Crippen LogP contribution in [0.2, 0.25) is 0 Å². The van der Waals surface area contributed by atoms with Crippen molar-refractivity contribution in [3.05, 3.63) is 83.9 Å². The SMILES string of the molecule is c1ccc2c(OC[C@H]3CO3)c(Cc3ccc4ccccc4c3OC[C@H]3CO3)ccc2c1. The Morgan fingerprint density at radius 2 is 1.06 bits per heavy atom. The van der Waals surface area contributed by atoms with Crippen LogP contribution in [0.5, 0.6) is 11.5 Å². The molecule has 0 spiro atoms. The minimum absolute atomic E-state index is 0.213. The maximum Gasteiger partial charge on any atom is 0.130 e. The topological polar surface area (TPSA) is 43.5 Å². The molecule has 2 fully saturated rings. The highest BCUT2D eigenvalue weighted by atomic mass is 16.6. The predicted octanol–water partition coefficient (Wildman–Crippen LogP) is 5.14. The van der Waals surface area contributed by atoms with E-state index >= 15 is 0 Å². The summed E-state index contributed by atoms with van der Waals surface area (Å²) in [5.41, 5.74) is 2.31. The first kappa shape index (κ1) is 18.7. The molecule has 0 amide bonds. The highest BCUT2D eigenvalue weighted by molar-refractivity contribution is 5.91. The second kappa shape index (κ2) is 7.88. The van der Waals surface area contributed by atoms with Crippen LogP contribution >= 0.6 is 0 Å². The number of rotatable bonds is 8. The summed E-state index contributed by atoms with van der Waals surface area (Å²) in [6.07, 6.45) is 1.16. The number of ether oxygens (including phenoxy) is 4. The van der Waals surface area contributed by atoms with Crippen LogP contribution in [0.1, 0.15) is 11.1 Å². The Bertz CT molecular complexity index is 1140. The monoisotopic (exact) mass is 412 g/mol. The molecule has 4 aromatic rings. The standard InChI is InChI=1S/C27H24O4/c1-3-7-24-18(5-1)9-11-20(26(24)30-16-22-14-28-22)13-21-12-10-19-6-2-4-8-25(19)27(21)31-17-23-15-29-23/h1-12,22-23H,13-17H2/t22-,23-/m1/s1. The van der Waals surface area contributed by atoms with E-state index in [-0.39, 0.29) is 12.2 Å².